The molecule has 0 saturated heterocycles. The molecular formula is C6H10N2O2. The predicted octanol–water partition coefficient (Wildman–Crippen LogP) is -0.245. The van der Waals surface area contributed by atoms with Gasteiger partial charge in [0.2, 0.25) is 0 Å². The van der Waals surface area contributed by atoms with Crippen LogP contribution in [0, 0.1) is 5.92 Å². The Kier molecular flexibility index (Phi) is 2.39. The van der Waals surface area contributed by atoms with Gasteiger partial charge in [-0.25, -0.2) is 4.79 Å². The van der Waals surface area contributed by atoms with Gasteiger partial charge in [0.15, 0.2) is 0 Å². The molecule has 1 atom stereocenters. The summed E-state index contributed by atoms with van der Waals surface area (Å²) in [4.78, 5) is 15.1. The molecule has 0 aromatic carbocycles. The Balaban J connectivity index is 2.27. The van der Waals surface area contributed by atoms with E-state index in [0.29, 0.717) is 0 Å². The van der Waals surface area contributed by atoms with Crippen LogP contribution in [0.4, 0.5) is 0 Å². The van der Waals surface area contributed by atoms with Gasteiger partial charge >= 0.3 is 5.97 Å². The van der Waals surface area contributed by atoms with E-state index in [2.05, 4.69) is 15.3 Å². The van der Waals surface area contributed by atoms with Gasteiger partial charge in [-0.05, 0) is 20.0 Å². The summed E-state index contributed by atoms with van der Waals surface area (Å²) < 4.78 is 0. The van der Waals surface area contributed by atoms with Crippen molar-refractivity contribution in [1.29, 1.82) is 0 Å². The Labute approximate surface area is 59.2 Å². The zero-order valence-electron chi connectivity index (χ0n) is 5.83. The van der Waals surface area contributed by atoms with Crippen LogP contribution in [-0.4, -0.2) is 25.8 Å². The Morgan fingerprint density at radius 3 is 3.20 bits per heavy atom. The molecule has 1 heterocycles. The zero-order valence-corrected chi connectivity index (χ0v) is 5.83. The third-order valence-electron chi connectivity index (χ3n) is 1.39. The monoisotopic (exact) mass is 142 g/mol. The molecule has 1 N–H and O–H groups in total. The summed E-state index contributed by atoms with van der Waals surface area (Å²) in [5.74, 6) is -0.373. The highest BCUT2D eigenvalue weighted by atomic mass is 16.7. The van der Waals surface area contributed by atoms with Crippen LogP contribution in [0.1, 0.15) is 6.42 Å². The van der Waals surface area contributed by atoms with Crippen LogP contribution in [0.15, 0.2) is 5.16 Å². The molecule has 0 aromatic rings. The topological polar surface area (TPSA) is 50.7 Å². The Morgan fingerprint density at radius 1 is 1.90 bits per heavy atom. The van der Waals surface area contributed by atoms with E-state index >= 15 is 0 Å². The lowest BCUT2D eigenvalue weighted by atomic mass is 10.1. The molecule has 0 spiro atoms. The second kappa shape index (κ2) is 3.31. The van der Waals surface area contributed by atoms with E-state index in [1.165, 1.54) is 0 Å². The van der Waals surface area contributed by atoms with Crippen molar-refractivity contribution < 1.29 is 9.63 Å². The van der Waals surface area contributed by atoms with Crippen LogP contribution >= 0.6 is 0 Å². The predicted molar refractivity (Wildman–Crippen MR) is 36.6 cm³/mol. The van der Waals surface area contributed by atoms with Crippen molar-refractivity contribution in [2.45, 2.75) is 6.42 Å². The molecule has 56 valence electrons. The molecule has 1 unspecified atom stereocenters. The maximum Gasteiger partial charge on any atom is 0.343 e. The van der Waals surface area contributed by atoms with Gasteiger partial charge in [0, 0.05) is 0 Å². The van der Waals surface area contributed by atoms with Crippen molar-refractivity contribution in [1.82, 2.24) is 5.32 Å². The van der Waals surface area contributed by atoms with Crippen molar-refractivity contribution in [3.8, 4) is 0 Å². The van der Waals surface area contributed by atoms with Crippen molar-refractivity contribution in [3.63, 3.8) is 0 Å². The highest BCUT2D eigenvalue weighted by Gasteiger charge is 2.22. The second-order valence-corrected chi connectivity index (χ2v) is 2.16. The maximum absolute atomic E-state index is 10.7. The molecule has 0 fully saturated rings. The van der Waals surface area contributed by atoms with Crippen LogP contribution in [0.25, 0.3) is 0 Å². The smallest absolute Gasteiger partial charge is 0.320 e. The minimum atomic E-state index is -0.241. The summed E-state index contributed by atoms with van der Waals surface area (Å²) >= 11 is 0. The number of hydrogen-bond donors (Lipinski definition) is 1. The Hall–Kier alpha value is -0.900. The van der Waals surface area contributed by atoms with Crippen LogP contribution in [0.5, 0.6) is 0 Å². The number of carbonyl (C=O) groups excluding carboxylic acids is 1. The SMILES string of the molecule is CNCCC1C=NOC1=O. The van der Waals surface area contributed by atoms with E-state index in [1.54, 1.807) is 6.21 Å². The first kappa shape index (κ1) is 7.21. The van der Waals surface area contributed by atoms with E-state index in [0.717, 1.165) is 13.0 Å². The third kappa shape index (κ3) is 1.54. The molecule has 1 aliphatic rings. The van der Waals surface area contributed by atoms with Crippen molar-refractivity contribution in [2.75, 3.05) is 13.6 Å². The summed E-state index contributed by atoms with van der Waals surface area (Å²) in [5, 5.41) is 6.34. The van der Waals surface area contributed by atoms with Gasteiger partial charge in [-0.2, -0.15) is 0 Å². The second-order valence-electron chi connectivity index (χ2n) is 2.16. The number of hydrogen-bond acceptors (Lipinski definition) is 4. The Bertz CT molecular complexity index is 156. The first-order chi connectivity index (χ1) is 4.84. The number of nitrogens with one attached hydrogen (secondary N) is 1. The van der Waals surface area contributed by atoms with Crippen molar-refractivity contribution in [2.24, 2.45) is 11.1 Å². The largest absolute Gasteiger partial charge is 0.343 e. The number of rotatable bonds is 3. The fourth-order valence-corrected chi connectivity index (χ4v) is 0.777. The van der Waals surface area contributed by atoms with Crippen LogP contribution in [0.3, 0.4) is 0 Å². The van der Waals surface area contributed by atoms with Crippen molar-refractivity contribution >= 4 is 12.2 Å². The standard InChI is InChI=1S/C6H10N2O2/c1-7-3-2-5-4-8-10-6(5)9/h4-5,7H,2-3H2,1H3. The first-order valence-electron chi connectivity index (χ1n) is 3.23. The molecule has 4 nitrogen and oxygen atoms in total. The molecule has 0 aromatic heterocycles. The fourth-order valence-electron chi connectivity index (χ4n) is 0.777. The summed E-state index contributed by atoms with van der Waals surface area (Å²) in [6.45, 7) is 0.811. The molecular weight excluding hydrogens is 132 g/mol. The third-order valence-corrected chi connectivity index (χ3v) is 1.39. The van der Waals surface area contributed by atoms with E-state index in [-0.39, 0.29) is 11.9 Å². The summed E-state index contributed by atoms with van der Waals surface area (Å²) in [7, 11) is 1.84. The molecule has 4 heteroatoms. The van der Waals surface area contributed by atoms with E-state index in [9.17, 15) is 4.79 Å². The molecule has 1 aliphatic heterocycles. The molecule has 0 bridgehead atoms. The van der Waals surface area contributed by atoms with Gasteiger partial charge in [0.25, 0.3) is 0 Å². The maximum atomic E-state index is 10.7. The highest BCUT2D eigenvalue weighted by molar-refractivity contribution is 5.92. The number of nitrogens with zero attached hydrogens (tertiary/aromatic N) is 1. The van der Waals surface area contributed by atoms with Gasteiger partial charge in [-0.3, -0.25) is 0 Å². The minimum absolute atomic E-state index is 0.132. The quantitative estimate of drug-likeness (QED) is 0.553. The van der Waals surface area contributed by atoms with Gasteiger partial charge in [-0.15, -0.1) is 0 Å². The van der Waals surface area contributed by atoms with Crippen molar-refractivity contribution in [3.05, 3.63) is 0 Å². The summed E-state index contributed by atoms with van der Waals surface area (Å²) in [5.41, 5.74) is 0. The summed E-state index contributed by atoms with van der Waals surface area (Å²) in [6, 6.07) is 0. The van der Waals surface area contributed by atoms with Crippen LogP contribution in [-0.2, 0) is 9.63 Å². The molecule has 0 radical (unpaired) electrons. The first-order valence-corrected chi connectivity index (χ1v) is 3.23. The summed E-state index contributed by atoms with van der Waals surface area (Å²) in [6.07, 6.45) is 2.30. The molecule has 1 rings (SSSR count). The van der Waals surface area contributed by atoms with Crippen LogP contribution < -0.4 is 5.32 Å². The molecule has 0 saturated carbocycles. The lowest BCUT2D eigenvalue weighted by Crippen LogP contribution is -2.18. The Morgan fingerprint density at radius 2 is 2.70 bits per heavy atom. The van der Waals surface area contributed by atoms with Crippen LogP contribution in [0.2, 0.25) is 0 Å². The number of carbonyl (C=O) groups is 1. The average molecular weight is 142 g/mol. The van der Waals surface area contributed by atoms with Gasteiger partial charge < -0.3 is 10.2 Å². The highest BCUT2D eigenvalue weighted by Crippen LogP contribution is 2.07. The van der Waals surface area contributed by atoms with Gasteiger partial charge in [0.1, 0.15) is 0 Å². The molecule has 0 amide bonds. The lowest BCUT2D eigenvalue weighted by molar-refractivity contribution is -0.143. The fraction of sp³-hybridized carbons (Fsp3) is 0.667. The minimum Gasteiger partial charge on any atom is -0.320 e. The van der Waals surface area contributed by atoms with E-state index < -0.39 is 0 Å². The average Bonchev–Trinajstić information content (AvgIpc) is 2.31. The van der Waals surface area contributed by atoms with E-state index in [4.69, 9.17) is 0 Å². The van der Waals surface area contributed by atoms with Gasteiger partial charge in [0.05, 0.1) is 12.1 Å². The molecule has 0 aliphatic carbocycles. The normalized spacial score (nSPS) is 23.3. The van der Waals surface area contributed by atoms with E-state index in [1.807, 2.05) is 7.05 Å². The van der Waals surface area contributed by atoms with Gasteiger partial charge in [-0.1, -0.05) is 5.16 Å². The zero-order chi connectivity index (χ0) is 7.40. The lowest BCUT2D eigenvalue weighted by Gasteiger charge is -1.99. The number of oxime groups is 1. The molecule has 10 heavy (non-hydrogen) atoms.